The Hall–Kier alpha value is -1.93. The lowest BCUT2D eigenvalue weighted by Gasteiger charge is -2.14. The summed E-state index contributed by atoms with van der Waals surface area (Å²) in [4.78, 5) is 19.3. The van der Waals surface area contributed by atoms with Crippen LogP contribution >= 0.6 is 0 Å². The van der Waals surface area contributed by atoms with Crippen LogP contribution < -0.4 is 22.3 Å². The molecule has 1 atom stereocenters. The average Bonchev–Trinajstić information content (AvgIpc) is 2.38. The lowest BCUT2D eigenvalue weighted by Crippen LogP contribution is -2.34. The van der Waals surface area contributed by atoms with Gasteiger partial charge in [-0.2, -0.15) is 0 Å². The number of amides is 1. The third-order valence-electron chi connectivity index (χ3n) is 2.59. The Morgan fingerprint density at radius 3 is 2.58 bits per heavy atom. The van der Waals surface area contributed by atoms with Crippen LogP contribution in [0.3, 0.4) is 0 Å². The Kier molecular flexibility index (Phi) is 5.46. The number of hydrazine groups is 1. The predicted molar refractivity (Wildman–Crippen MR) is 72.3 cm³/mol. The predicted octanol–water partition coefficient (Wildman–Crippen LogP) is -0.719. The number of anilines is 2. The highest BCUT2D eigenvalue weighted by atomic mass is 16.3. The quantitative estimate of drug-likeness (QED) is 0.325. The molecule has 0 aromatic carbocycles. The van der Waals surface area contributed by atoms with Crippen molar-refractivity contribution in [3.63, 3.8) is 0 Å². The van der Waals surface area contributed by atoms with Crippen molar-refractivity contribution in [2.24, 2.45) is 11.6 Å². The summed E-state index contributed by atoms with van der Waals surface area (Å²) in [6, 6.07) is 0. The van der Waals surface area contributed by atoms with Gasteiger partial charge in [-0.1, -0.05) is 6.92 Å². The minimum Gasteiger partial charge on any atom is -0.381 e. The first-order chi connectivity index (χ1) is 8.99. The van der Waals surface area contributed by atoms with Gasteiger partial charge in [-0.05, 0) is 13.3 Å². The zero-order chi connectivity index (χ0) is 14.4. The SMILES string of the molecule is CCCc1nc(NN)c(C)c(NCC(O)C(N)=O)n1. The summed E-state index contributed by atoms with van der Waals surface area (Å²) in [6.07, 6.45) is 0.344. The summed E-state index contributed by atoms with van der Waals surface area (Å²) in [6.45, 7) is 3.79. The number of rotatable bonds is 7. The molecule has 106 valence electrons. The van der Waals surface area contributed by atoms with Gasteiger partial charge in [-0.15, -0.1) is 0 Å². The molecule has 19 heavy (non-hydrogen) atoms. The number of aromatic nitrogens is 2. The van der Waals surface area contributed by atoms with Gasteiger partial charge in [0.1, 0.15) is 23.6 Å². The van der Waals surface area contributed by atoms with E-state index >= 15 is 0 Å². The molecule has 0 radical (unpaired) electrons. The molecule has 0 aliphatic rings. The van der Waals surface area contributed by atoms with E-state index in [1.807, 2.05) is 6.92 Å². The molecule has 0 spiro atoms. The molecule has 1 heterocycles. The maximum Gasteiger partial charge on any atom is 0.248 e. The third-order valence-corrected chi connectivity index (χ3v) is 2.59. The standard InChI is InChI=1S/C11H20N6O2/c1-3-4-8-15-10(6(2)11(16-8)17-13)14-5-7(18)9(12)19/h7,18H,3-5,13H2,1-2H3,(H2,12,19)(H2,14,15,16,17). The van der Waals surface area contributed by atoms with Crippen LogP contribution in [0.25, 0.3) is 0 Å². The molecule has 8 nitrogen and oxygen atoms in total. The van der Waals surface area contributed by atoms with E-state index in [0.29, 0.717) is 29.4 Å². The number of nitrogens with two attached hydrogens (primary N) is 2. The normalized spacial score (nSPS) is 12.0. The van der Waals surface area contributed by atoms with E-state index in [4.69, 9.17) is 11.6 Å². The molecule has 1 rings (SSSR count). The number of aryl methyl sites for hydroxylation is 1. The molecule has 1 aromatic rings. The van der Waals surface area contributed by atoms with Crippen LogP contribution in [0, 0.1) is 6.92 Å². The number of carbonyl (C=O) groups is 1. The fraction of sp³-hybridized carbons (Fsp3) is 0.545. The summed E-state index contributed by atoms with van der Waals surface area (Å²) in [5.41, 5.74) is 8.18. The van der Waals surface area contributed by atoms with E-state index in [9.17, 15) is 9.90 Å². The molecule has 0 bridgehead atoms. The largest absolute Gasteiger partial charge is 0.381 e. The highest BCUT2D eigenvalue weighted by Gasteiger charge is 2.14. The van der Waals surface area contributed by atoms with Gasteiger partial charge in [0, 0.05) is 12.0 Å². The molecule has 0 saturated carbocycles. The maximum absolute atomic E-state index is 10.8. The van der Waals surface area contributed by atoms with E-state index in [1.165, 1.54) is 0 Å². The number of hydrogen-bond acceptors (Lipinski definition) is 7. The molecule has 1 aromatic heterocycles. The van der Waals surface area contributed by atoms with Gasteiger partial charge < -0.3 is 21.6 Å². The van der Waals surface area contributed by atoms with Gasteiger partial charge >= 0.3 is 0 Å². The van der Waals surface area contributed by atoms with E-state index in [0.717, 1.165) is 6.42 Å². The van der Waals surface area contributed by atoms with Crippen molar-refractivity contribution in [3.8, 4) is 0 Å². The fourth-order valence-electron chi connectivity index (χ4n) is 1.50. The molecule has 0 saturated heterocycles. The van der Waals surface area contributed by atoms with Crippen LogP contribution in [0.4, 0.5) is 11.6 Å². The van der Waals surface area contributed by atoms with Gasteiger partial charge in [0.2, 0.25) is 5.91 Å². The third kappa shape index (κ3) is 4.04. The van der Waals surface area contributed by atoms with Crippen LogP contribution in [0.5, 0.6) is 0 Å². The number of primary amides is 1. The second-order valence-electron chi connectivity index (χ2n) is 4.16. The first-order valence-corrected chi connectivity index (χ1v) is 6.05. The lowest BCUT2D eigenvalue weighted by atomic mass is 10.2. The molecule has 1 unspecified atom stereocenters. The fourth-order valence-corrected chi connectivity index (χ4v) is 1.50. The van der Waals surface area contributed by atoms with Crippen molar-refractivity contribution in [1.29, 1.82) is 0 Å². The van der Waals surface area contributed by atoms with Crippen LogP contribution in [0.1, 0.15) is 24.7 Å². The Balaban J connectivity index is 2.91. The smallest absolute Gasteiger partial charge is 0.248 e. The van der Waals surface area contributed by atoms with Crippen molar-refractivity contribution >= 4 is 17.5 Å². The van der Waals surface area contributed by atoms with Gasteiger partial charge in [0.25, 0.3) is 0 Å². The molecule has 1 amide bonds. The summed E-state index contributed by atoms with van der Waals surface area (Å²) in [7, 11) is 0. The minimum atomic E-state index is -1.27. The molecule has 0 aliphatic carbocycles. The number of nitrogens with one attached hydrogen (secondary N) is 2. The minimum absolute atomic E-state index is 0.0111. The highest BCUT2D eigenvalue weighted by Crippen LogP contribution is 2.19. The monoisotopic (exact) mass is 268 g/mol. The van der Waals surface area contributed by atoms with Crippen molar-refractivity contribution < 1.29 is 9.90 Å². The highest BCUT2D eigenvalue weighted by molar-refractivity contribution is 5.79. The van der Waals surface area contributed by atoms with Crippen LogP contribution in [0.15, 0.2) is 0 Å². The van der Waals surface area contributed by atoms with Crippen molar-refractivity contribution in [2.45, 2.75) is 32.8 Å². The molecule has 8 heteroatoms. The Bertz CT molecular complexity index is 451. The Labute approximate surface area is 111 Å². The molecule has 7 N–H and O–H groups in total. The number of hydrogen-bond donors (Lipinski definition) is 5. The molecular formula is C11H20N6O2. The summed E-state index contributed by atoms with van der Waals surface area (Å²) in [5.74, 6) is 6.28. The molecule has 0 aliphatic heterocycles. The Morgan fingerprint density at radius 2 is 2.05 bits per heavy atom. The van der Waals surface area contributed by atoms with Gasteiger partial charge in [-0.25, -0.2) is 15.8 Å². The number of aliphatic hydroxyl groups excluding tert-OH is 1. The van der Waals surface area contributed by atoms with E-state index < -0.39 is 12.0 Å². The van der Waals surface area contributed by atoms with Gasteiger partial charge in [0.05, 0.1) is 6.54 Å². The number of aliphatic hydroxyl groups is 1. The topological polar surface area (TPSA) is 139 Å². The van der Waals surface area contributed by atoms with E-state index in [1.54, 1.807) is 6.92 Å². The zero-order valence-electron chi connectivity index (χ0n) is 11.1. The number of carbonyl (C=O) groups excluding carboxylic acids is 1. The van der Waals surface area contributed by atoms with Crippen LogP contribution in [-0.4, -0.2) is 33.6 Å². The summed E-state index contributed by atoms with van der Waals surface area (Å²) in [5, 5.41) is 12.2. The zero-order valence-corrected chi connectivity index (χ0v) is 11.1. The Morgan fingerprint density at radius 1 is 1.42 bits per heavy atom. The summed E-state index contributed by atoms with van der Waals surface area (Å²) >= 11 is 0. The van der Waals surface area contributed by atoms with E-state index in [-0.39, 0.29) is 6.54 Å². The van der Waals surface area contributed by atoms with Crippen LogP contribution in [0.2, 0.25) is 0 Å². The average molecular weight is 268 g/mol. The second-order valence-corrected chi connectivity index (χ2v) is 4.16. The van der Waals surface area contributed by atoms with Crippen molar-refractivity contribution in [3.05, 3.63) is 11.4 Å². The first-order valence-electron chi connectivity index (χ1n) is 6.05. The molecular weight excluding hydrogens is 248 g/mol. The second kappa shape index (κ2) is 6.86. The van der Waals surface area contributed by atoms with Crippen molar-refractivity contribution in [1.82, 2.24) is 9.97 Å². The molecule has 0 fully saturated rings. The summed E-state index contributed by atoms with van der Waals surface area (Å²) < 4.78 is 0. The lowest BCUT2D eigenvalue weighted by molar-refractivity contribution is -0.125. The van der Waals surface area contributed by atoms with E-state index in [2.05, 4.69) is 20.7 Å². The number of nitrogens with zero attached hydrogens (tertiary/aromatic N) is 2. The number of nitrogen functional groups attached to an aromatic ring is 1. The first kappa shape index (κ1) is 15.1. The van der Waals surface area contributed by atoms with Crippen LogP contribution in [-0.2, 0) is 11.2 Å². The maximum atomic E-state index is 10.8. The van der Waals surface area contributed by atoms with Gasteiger partial charge in [0.15, 0.2) is 0 Å². The van der Waals surface area contributed by atoms with Gasteiger partial charge in [-0.3, -0.25) is 4.79 Å². The van der Waals surface area contributed by atoms with Crippen molar-refractivity contribution in [2.75, 3.05) is 17.3 Å².